The maximum atomic E-state index is 12.7. The lowest BCUT2D eigenvalue weighted by atomic mass is 10.0. The number of carboxylic acids is 1. The number of aliphatic carboxylic acids is 1. The van der Waals surface area contributed by atoms with E-state index >= 15 is 0 Å². The molecule has 0 aromatic rings. The smallest absolute Gasteiger partial charge is 0.361 e. The molecule has 9 heteroatoms. The largest absolute Gasteiger partial charge is 0.477 e. The molecule has 1 N–H and O–H groups in total. The second kappa shape index (κ2) is 41.5. The van der Waals surface area contributed by atoms with Crippen LogP contribution in [0, 0.1) is 0 Å². The van der Waals surface area contributed by atoms with Gasteiger partial charge in [-0.2, -0.15) is 0 Å². The van der Waals surface area contributed by atoms with Crippen LogP contribution >= 0.6 is 0 Å². The van der Waals surface area contributed by atoms with Gasteiger partial charge in [-0.1, -0.05) is 177 Å². The van der Waals surface area contributed by atoms with Crippen LogP contribution in [0.5, 0.6) is 0 Å². The summed E-state index contributed by atoms with van der Waals surface area (Å²) in [5.41, 5.74) is 0. The first-order valence-electron chi connectivity index (χ1n) is 23.1. The van der Waals surface area contributed by atoms with E-state index in [-0.39, 0.29) is 38.6 Å². The normalized spacial score (nSPS) is 13.6. The lowest BCUT2D eigenvalue weighted by molar-refractivity contribution is -0.870. The summed E-state index contributed by atoms with van der Waals surface area (Å²) in [6.07, 6.45) is 48.3. The summed E-state index contributed by atoms with van der Waals surface area (Å²) in [6, 6.07) is 0. The molecule has 338 valence electrons. The first-order valence-corrected chi connectivity index (χ1v) is 23.1. The molecule has 0 fully saturated rings. The summed E-state index contributed by atoms with van der Waals surface area (Å²) in [7, 11) is 5.93. The fraction of sp³-hybridized carbons (Fsp3) is 0.700. The van der Waals surface area contributed by atoms with E-state index in [4.69, 9.17) is 18.9 Å². The van der Waals surface area contributed by atoms with E-state index in [1.807, 2.05) is 33.3 Å². The second-order valence-corrected chi connectivity index (χ2v) is 16.3. The van der Waals surface area contributed by atoms with E-state index in [2.05, 4.69) is 74.6 Å². The van der Waals surface area contributed by atoms with Crippen molar-refractivity contribution in [1.82, 2.24) is 0 Å². The average molecular weight is 829 g/mol. The number of nitrogens with zero attached hydrogens (tertiary/aromatic N) is 1. The number of carbonyl (C=O) groups excluding carboxylic acids is 2. The number of hydrogen-bond donors (Lipinski definition) is 1. The monoisotopic (exact) mass is 829 g/mol. The molecule has 0 rings (SSSR count). The molecule has 2 atom stereocenters. The van der Waals surface area contributed by atoms with Gasteiger partial charge in [-0.05, 0) is 51.4 Å². The van der Waals surface area contributed by atoms with Crippen molar-refractivity contribution in [2.45, 2.75) is 180 Å². The number of ether oxygens (including phenoxy) is 4. The molecule has 0 amide bonds. The molecule has 9 nitrogen and oxygen atoms in total. The number of esters is 2. The van der Waals surface area contributed by atoms with Crippen LogP contribution in [0.1, 0.15) is 168 Å². The molecule has 0 radical (unpaired) electrons. The zero-order valence-electron chi connectivity index (χ0n) is 38.1. The Labute approximate surface area is 360 Å². The van der Waals surface area contributed by atoms with Crippen molar-refractivity contribution < 1.29 is 42.9 Å². The van der Waals surface area contributed by atoms with Crippen molar-refractivity contribution in [3.05, 3.63) is 72.9 Å². The van der Waals surface area contributed by atoms with Gasteiger partial charge < -0.3 is 28.5 Å². The zero-order valence-corrected chi connectivity index (χ0v) is 38.1. The van der Waals surface area contributed by atoms with Crippen molar-refractivity contribution in [3.63, 3.8) is 0 Å². The van der Waals surface area contributed by atoms with E-state index in [1.165, 1.54) is 77.0 Å². The number of hydrogen-bond acceptors (Lipinski definition) is 7. The first-order chi connectivity index (χ1) is 28.6. The molecular weight excluding hydrogens is 743 g/mol. The minimum absolute atomic E-state index is 0.133. The van der Waals surface area contributed by atoms with E-state index < -0.39 is 24.3 Å². The summed E-state index contributed by atoms with van der Waals surface area (Å²) < 4.78 is 22.6. The molecule has 0 saturated carbocycles. The number of quaternary nitrogens is 1. The maximum absolute atomic E-state index is 12.7. The van der Waals surface area contributed by atoms with Crippen molar-refractivity contribution in [2.75, 3.05) is 47.5 Å². The van der Waals surface area contributed by atoms with Gasteiger partial charge >= 0.3 is 17.9 Å². The third kappa shape index (κ3) is 42.7. The molecule has 0 bridgehead atoms. The maximum Gasteiger partial charge on any atom is 0.361 e. The quantitative estimate of drug-likeness (QED) is 0.0213. The average Bonchev–Trinajstić information content (AvgIpc) is 3.19. The Morgan fingerprint density at radius 2 is 0.966 bits per heavy atom. The van der Waals surface area contributed by atoms with Crippen molar-refractivity contribution in [2.24, 2.45) is 0 Å². The van der Waals surface area contributed by atoms with Crippen LogP contribution in [-0.2, 0) is 33.3 Å². The number of rotatable bonds is 41. The van der Waals surface area contributed by atoms with Gasteiger partial charge in [0.25, 0.3) is 6.29 Å². The van der Waals surface area contributed by atoms with Crippen LogP contribution in [0.4, 0.5) is 0 Å². The predicted molar refractivity (Wildman–Crippen MR) is 244 cm³/mol. The zero-order chi connectivity index (χ0) is 43.5. The molecule has 0 aliphatic carbocycles. The summed E-state index contributed by atoms with van der Waals surface area (Å²) in [5, 5.41) is 9.64. The Bertz CT molecular complexity index is 1200. The molecule has 0 aliphatic rings. The van der Waals surface area contributed by atoms with Crippen LogP contribution in [0.15, 0.2) is 72.9 Å². The van der Waals surface area contributed by atoms with Crippen LogP contribution < -0.4 is 0 Å². The molecule has 0 aromatic carbocycles. The van der Waals surface area contributed by atoms with Crippen molar-refractivity contribution in [1.29, 1.82) is 0 Å². The first kappa shape index (κ1) is 55.7. The Morgan fingerprint density at radius 3 is 1.41 bits per heavy atom. The van der Waals surface area contributed by atoms with Gasteiger partial charge in [-0.15, -0.1) is 0 Å². The lowest BCUT2D eigenvalue weighted by Crippen LogP contribution is -2.40. The van der Waals surface area contributed by atoms with Crippen LogP contribution in [0.3, 0.4) is 0 Å². The second-order valence-electron chi connectivity index (χ2n) is 16.3. The van der Waals surface area contributed by atoms with Gasteiger partial charge in [0.15, 0.2) is 6.10 Å². The van der Waals surface area contributed by atoms with Crippen LogP contribution in [0.25, 0.3) is 0 Å². The van der Waals surface area contributed by atoms with Crippen LogP contribution in [-0.4, -0.2) is 87.4 Å². The highest BCUT2D eigenvalue weighted by molar-refractivity contribution is 5.71. The third-order valence-electron chi connectivity index (χ3n) is 9.49. The predicted octanol–water partition coefficient (Wildman–Crippen LogP) is 12.3. The fourth-order valence-electron chi connectivity index (χ4n) is 5.92. The van der Waals surface area contributed by atoms with Crippen molar-refractivity contribution in [3.8, 4) is 0 Å². The van der Waals surface area contributed by atoms with Gasteiger partial charge in [0, 0.05) is 12.8 Å². The number of carbonyl (C=O) groups is 3. The third-order valence-corrected chi connectivity index (χ3v) is 9.49. The molecule has 0 aromatic heterocycles. The molecule has 59 heavy (non-hydrogen) atoms. The fourth-order valence-corrected chi connectivity index (χ4v) is 5.92. The van der Waals surface area contributed by atoms with Gasteiger partial charge in [-0.25, -0.2) is 4.79 Å². The minimum Gasteiger partial charge on any atom is -0.477 e. The Morgan fingerprint density at radius 1 is 0.525 bits per heavy atom. The SMILES string of the molecule is CC/C=C\C/C=C\C/C=C\C/C=C\C/C=C\C/C=C\CCC(=O)OC(COC(=O)CCCCCCCCCCCCCCCCC)COC(OCC[N+](C)(C)C)C(=O)O. The summed E-state index contributed by atoms with van der Waals surface area (Å²) >= 11 is 0. The molecular formula is C50H86NO8+. The number of unbranched alkanes of at least 4 members (excludes halogenated alkanes) is 14. The summed E-state index contributed by atoms with van der Waals surface area (Å²) in [4.78, 5) is 37.1. The minimum atomic E-state index is -1.53. The van der Waals surface area contributed by atoms with Gasteiger partial charge in [0.2, 0.25) is 0 Å². The van der Waals surface area contributed by atoms with Gasteiger partial charge in [0.05, 0.1) is 34.4 Å². The van der Waals surface area contributed by atoms with E-state index in [1.54, 1.807) is 0 Å². The number of carboxylic acid groups (broad SMARTS) is 1. The Hall–Kier alpha value is -3.27. The summed E-state index contributed by atoms with van der Waals surface area (Å²) in [6.45, 7) is 4.66. The standard InChI is InChI=1S/C50H85NO8/c1-6-8-10-12-14-16-18-20-22-23-24-25-27-29-31-33-35-37-39-41-48(53)59-46(45-58-50(49(54)55)56-43-42-51(3,4)5)44-57-47(52)40-38-36-34-32-30-28-26-21-19-17-15-13-11-9-7-2/h8,10,14,16,20,22,24-25,29,31,35,37,46,50H,6-7,9,11-13,15,17-19,21,23,26-28,30,32-34,36,38-45H2,1-5H3/p+1/b10-8-,16-14-,22-20-,25-24-,31-29-,37-35-. The lowest BCUT2D eigenvalue weighted by Gasteiger charge is -2.25. The number of allylic oxidation sites excluding steroid dienone is 12. The highest BCUT2D eigenvalue weighted by Gasteiger charge is 2.25. The Balaban J connectivity index is 4.56. The van der Waals surface area contributed by atoms with Crippen LogP contribution in [0.2, 0.25) is 0 Å². The summed E-state index contributed by atoms with van der Waals surface area (Å²) in [5.74, 6) is -2.12. The van der Waals surface area contributed by atoms with Crippen molar-refractivity contribution >= 4 is 17.9 Å². The van der Waals surface area contributed by atoms with E-state index in [0.29, 0.717) is 17.4 Å². The van der Waals surface area contributed by atoms with Gasteiger partial charge in [-0.3, -0.25) is 9.59 Å². The molecule has 0 aliphatic heterocycles. The van der Waals surface area contributed by atoms with E-state index in [9.17, 15) is 19.5 Å². The Kier molecular flexibility index (Phi) is 39.2. The highest BCUT2D eigenvalue weighted by Crippen LogP contribution is 2.14. The molecule has 0 saturated heterocycles. The van der Waals surface area contributed by atoms with E-state index in [0.717, 1.165) is 57.8 Å². The topological polar surface area (TPSA) is 108 Å². The number of likely N-dealkylation sites (N-methyl/N-ethyl adjacent to an activating group) is 1. The molecule has 0 spiro atoms. The highest BCUT2D eigenvalue weighted by atomic mass is 16.7. The molecule has 2 unspecified atom stereocenters. The van der Waals surface area contributed by atoms with Gasteiger partial charge in [0.1, 0.15) is 13.2 Å². The molecule has 0 heterocycles.